The minimum atomic E-state index is -0.684. The zero-order valence-corrected chi connectivity index (χ0v) is 9.71. The second kappa shape index (κ2) is 4.31. The Morgan fingerprint density at radius 2 is 1.94 bits per heavy atom. The average Bonchev–Trinajstić information content (AvgIpc) is 2.63. The quantitative estimate of drug-likeness (QED) is 0.922. The maximum Gasteiger partial charge on any atom is 0.152 e. The van der Waals surface area contributed by atoms with Crippen molar-refractivity contribution in [2.75, 3.05) is 0 Å². The zero-order chi connectivity index (χ0) is 11.7. The second-order valence-corrected chi connectivity index (χ2v) is 4.13. The highest BCUT2D eigenvalue weighted by atomic mass is 79.9. The lowest BCUT2D eigenvalue weighted by Gasteiger charge is -2.06. The summed E-state index contributed by atoms with van der Waals surface area (Å²) in [5.74, 6) is -1.37. The van der Waals surface area contributed by atoms with Crippen molar-refractivity contribution in [3.63, 3.8) is 0 Å². The maximum absolute atomic E-state index is 13.6. The van der Waals surface area contributed by atoms with E-state index in [-0.39, 0.29) is 12.2 Å². The summed E-state index contributed by atoms with van der Waals surface area (Å²) in [7, 11) is 0. The van der Waals surface area contributed by atoms with Gasteiger partial charge < -0.3 is 5.73 Å². The molecular weight excluding hydrogens is 280 g/mol. The number of hydrogen-bond donors (Lipinski definition) is 1. The summed E-state index contributed by atoms with van der Waals surface area (Å²) in [6.07, 6.45) is 2.93. The molecule has 0 unspecified atom stereocenters. The lowest BCUT2D eigenvalue weighted by Crippen LogP contribution is -2.05. The Hall–Kier alpha value is -1.27. The van der Waals surface area contributed by atoms with Gasteiger partial charge in [-0.1, -0.05) is 0 Å². The molecule has 2 rings (SSSR count). The van der Waals surface area contributed by atoms with Gasteiger partial charge in [0.15, 0.2) is 11.6 Å². The molecule has 3 nitrogen and oxygen atoms in total. The van der Waals surface area contributed by atoms with Crippen LogP contribution in [0.4, 0.5) is 8.78 Å². The van der Waals surface area contributed by atoms with Gasteiger partial charge in [0.05, 0.1) is 10.7 Å². The van der Waals surface area contributed by atoms with Gasteiger partial charge in [-0.2, -0.15) is 5.10 Å². The summed E-state index contributed by atoms with van der Waals surface area (Å²) < 4.78 is 29.0. The molecule has 1 aromatic carbocycles. The minimum Gasteiger partial charge on any atom is -0.326 e. The smallest absolute Gasteiger partial charge is 0.152 e. The van der Waals surface area contributed by atoms with E-state index >= 15 is 0 Å². The summed E-state index contributed by atoms with van der Waals surface area (Å²) in [4.78, 5) is 0. The number of hydrogen-bond acceptors (Lipinski definition) is 2. The Kier molecular flexibility index (Phi) is 3.02. The lowest BCUT2D eigenvalue weighted by molar-refractivity contribution is 0.557. The summed E-state index contributed by atoms with van der Waals surface area (Å²) in [6, 6.07) is 2.40. The van der Waals surface area contributed by atoms with Crippen molar-refractivity contribution >= 4 is 15.9 Å². The molecule has 0 bridgehead atoms. The van der Waals surface area contributed by atoms with E-state index in [1.807, 2.05) is 0 Å². The van der Waals surface area contributed by atoms with Gasteiger partial charge in [0.25, 0.3) is 0 Å². The molecule has 0 atom stereocenters. The van der Waals surface area contributed by atoms with Crippen molar-refractivity contribution < 1.29 is 8.78 Å². The van der Waals surface area contributed by atoms with Crippen molar-refractivity contribution in [1.82, 2.24) is 9.78 Å². The van der Waals surface area contributed by atoms with Crippen LogP contribution in [0, 0.1) is 11.6 Å². The molecule has 16 heavy (non-hydrogen) atoms. The van der Waals surface area contributed by atoms with Crippen LogP contribution in [-0.4, -0.2) is 9.78 Å². The Labute approximate surface area is 99.0 Å². The molecule has 0 fully saturated rings. The van der Waals surface area contributed by atoms with Crippen molar-refractivity contribution in [3.05, 3.63) is 46.2 Å². The molecular formula is C10H8BrF2N3. The number of rotatable bonds is 2. The Morgan fingerprint density at radius 1 is 1.31 bits per heavy atom. The first-order valence-electron chi connectivity index (χ1n) is 4.50. The standard InChI is InChI=1S/C10H8BrF2N3/c11-7-4-15-16(5-7)10-8(12)1-6(3-14)2-9(10)13/h1-2,4-5H,3,14H2. The minimum absolute atomic E-state index is 0.0942. The summed E-state index contributed by atoms with van der Waals surface area (Å²) in [5.41, 5.74) is 5.52. The van der Waals surface area contributed by atoms with Crippen LogP contribution in [-0.2, 0) is 6.54 Å². The van der Waals surface area contributed by atoms with Crippen molar-refractivity contribution in [2.24, 2.45) is 5.73 Å². The molecule has 0 saturated carbocycles. The predicted octanol–water partition coefficient (Wildman–Crippen LogP) is 2.37. The molecule has 0 aliphatic rings. The van der Waals surface area contributed by atoms with Gasteiger partial charge in [0.1, 0.15) is 5.69 Å². The first kappa shape index (κ1) is 11.2. The van der Waals surface area contributed by atoms with Gasteiger partial charge in [-0.25, -0.2) is 13.5 Å². The highest BCUT2D eigenvalue weighted by Crippen LogP contribution is 2.20. The molecule has 0 amide bonds. The first-order valence-corrected chi connectivity index (χ1v) is 5.29. The maximum atomic E-state index is 13.6. The molecule has 0 saturated heterocycles. The fourth-order valence-electron chi connectivity index (χ4n) is 1.38. The van der Waals surface area contributed by atoms with Crippen molar-refractivity contribution in [2.45, 2.75) is 6.54 Å². The molecule has 1 aromatic heterocycles. The van der Waals surface area contributed by atoms with Gasteiger partial charge in [0.2, 0.25) is 0 Å². The fraction of sp³-hybridized carbons (Fsp3) is 0.100. The van der Waals surface area contributed by atoms with Crippen LogP contribution in [0.3, 0.4) is 0 Å². The molecule has 1 heterocycles. The molecule has 84 valence electrons. The van der Waals surface area contributed by atoms with Crippen LogP contribution in [0.1, 0.15) is 5.56 Å². The monoisotopic (exact) mass is 287 g/mol. The van der Waals surface area contributed by atoms with Gasteiger partial charge in [0, 0.05) is 12.7 Å². The Bertz CT molecular complexity index is 502. The zero-order valence-electron chi connectivity index (χ0n) is 8.12. The number of benzene rings is 1. The third kappa shape index (κ3) is 1.98. The fourth-order valence-corrected chi connectivity index (χ4v) is 1.66. The van der Waals surface area contributed by atoms with Crippen molar-refractivity contribution in [3.8, 4) is 5.69 Å². The van der Waals surface area contributed by atoms with E-state index in [1.165, 1.54) is 24.5 Å². The molecule has 0 aliphatic carbocycles. The third-order valence-corrected chi connectivity index (χ3v) is 2.50. The third-order valence-electron chi connectivity index (χ3n) is 2.09. The van der Waals surface area contributed by atoms with Gasteiger partial charge >= 0.3 is 0 Å². The Balaban J connectivity index is 2.57. The van der Waals surface area contributed by atoms with Gasteiger partial charge in [-0.3, -0.25) is 0 Å². The van der Waals surface area contributed by atoms with Crippen LogP contribution in [0.2, 0.25) is 0 Å². The molecule has 2 N–H and O–H groups in total. The molecule has 0 spiro atoms. The van der Waals surface area contributed by atoms with E-state index in [1.54, 1.807) is 0 Å². The summed E-state index contributed by atoms with van der Waals surface area (Å²) >= 11 is 3.16. The van der Waals surface area contributed by atoms with E-state index in [0.29, 0.717) is 10.0 Å². The van der Waals surface area contributed by atoms with E-state index in [4.69, 9.17) is 5.73 Å². The van der Waals surface area contributed by atoms with Crippen LogP contribution in [0.15, 0.2) is 29.0 Å². The number of nitrogens with two attached hydrogens (primary N) is 1. The van der Waals surface area contributed by atoms with Gasteiger partial charge in [-0.05, 0) is 33.6 Å². The lowest BCUT2D eigenvalue weighted by atomic mass is 10.2. The predicted molar refractivity (Wildman–Crippen MR) is 59.1 cm³/mol. The summed E-state index contributed by atoms with van der Waals surface area (Å²) in [6.45, 7) is 0.0942. The topological polar surface area (TPSA) is 43.8 Å². The molecule has 6 heteroatoms. The largest absolute Gasteiger partial charge is 0.326 e. The van der Waals surface area contributed by atoms with Crippen LogP contribution in [0.5, 0.6) is 0 Å². The number of halogens is 3. The van der Waals surface area contributed by atoms with E-state index in [2.05, 4.69) is 21.0 Å². The van der Waals surface area contributed by atoms with Crippen LogP contribution >= 0.6 is 15.9 Å². The van der Waals surface area contributed by atoms with E-state index < -0.39 is 11.6 Å². The number of aromatic nitrogens is 2. The molecule has 0 aliphatic heterocycles. The SMILES string of the molecule is NCc1cc(F)c(-n2cc(Br)cn2)c(F)c1. The number of nitrogens with zero attached hydrogens (tertiary/aromatic N) is 2. The highest BCUT2D eigenvalue weighted by Gasteiger charge is 2.13. The average molecular weight is 288 g/mol. The summed E-state index contributed by atoms with van der Waals surface area (Å²) in [5, 5.41) is 3.82. The van der Waals surface area contributed by atoms with Crippen LogP contribution in [0.25, 0.3) is 5.69 Å². The first-order chi connectivity index (χ1) is 7.61. The van der Waals surface area contributed by atoms with E-state index in [9.17, 15) is 8.78 Å². The molecule has 2 aromatic rings. The van der Waals surface area contributed by atoms with E-state index in [0.717, 1.165) is 4.68 Å². The Morgan fingerprint density at radius 3 is 2.38 bits per heavy atom. The highest BCUT2D eigenvalue weighted by molar-refractivity contribution is 9.10. The molecule has 0 radical (unpaired) electrons. The van der Waals surface area contributed by atoms with Crippen LogP contribution < -0.4 is 5.73 Å². The van der Waals surface area contributed by atoms with Gasteiger partial charge in [-0.15, -0.1) is 0 Å². The second-order valence-electron chi connectivity index (χ2n) is 3.22. The van der Waals surface area contributed by atoms with Crippen molar-refractivity contribution in [1.29, 1.82) is 0 Å². The normalized spacial score (nSPS) is 10.8.